The number of nitrogens with one attached hydrogen (secondary N) is 1. The monoisotopic (exact) mass is 396 g/mol. The molecular weight excluding hydrogens is 368 g/mol. The molecular formula is C19H28N2O5S. The van der Waals surface area contributed by atoms with Gasteiger partial charge in [0.05, 0.1) is 4.90 Å². The number of carbonyl (C=O) groups is 2. The maximum atomic E-state index is 13.0. The highest BCUT2D eigenvalue weighted by molar-refractivity contribution is 7.89. The molecule has 1 heterocycles. The van der Waals surface area contributed by atoms with Crippen molar-refractivity contribution in [1.29, 1.82) is 0 Å². The van der Waals surface area contributed by atoms with E-state index in [1.165, 1.54) is 16.4 Å². The van der Waals surface area contributed by atoms with E-state index >= 15 is 0 Å². The van der Waals surface area contributed by atoms with Crippen molar-refractivity contribution in [3.8, 4) is 0 Å². The first-order valence-corrected chi connectivity index (χ1v) is 10.9. The largest absolute Gasteiger partial charge is 0.480 e. The molecule has 1 atom stereocenters. The maximum absolute atomic E-state index is 13.0. The molecule has 1 aromatic rings. The van der Waals surface area contributed by atoms with Gasteiger partial charge in [0.2, 0.25) is 10.0 Å². The molecule has 0 radical (unpaired) electrons. The molecule has 0 bridgehead atoms. The summed E-state index contributed by atoms with van der Waals surface area (Å²) in [5, 5.41) is 11.8. The van der Waals surface area contributed by atoms with E-state index in [4.69, 9.17) is 0 Å². The number of aliphatic carboxylic acids is 1. The summed E-state index contributed by atoms with van der Waals surface area (Å²) in [7, 11) is -3.67. The number of unbranched alkanes of at least 4 members (excludes halogenated alkanes) is 1. The zero-order valence-corrected chi connectivity index (χ0v) is 16.7. The summed E-state index contributed by atoms with van der Waals surface area (Å²) in [5.41, 5.74) is 0.719. The van der Waals surface area contributed by atoms with Gasteiger partial charge in [-0.15, -0.1) is 0 Å². The van der Waals surface area contributed by atoms with Crippen molar-refractivity contribution < 1.29 is 23.1 Å². The molecule has 1 fully saturated rings. The summed E-state index contributed by atoms with van der Waals surface area (Å²) in [5.74, 6) is -1.67. The molecule has 1 aliphatic heterocycles. The average Bonchev–Trinajstić information content (AvgIpc) is 2.65. The number of sulfonamides is 1. The summed E-state index contributed by atoms with van der Waals surface area (Å²) >= 11 is 0. The van der Waals surface area contributed by atoms with Crippen LogP contribution in [0.3, 0.4) is 0 Å². The molecule has 1 saturated heterocycles. The van der Waals surface area contributed by atoms with Crippen LogP contribution in [0.1, 0.15) is 61.4 Å². The zero-order valence-electron chi connectivity index (χ0n) is 15.9. The highest BCUT2D eigenvalue weighted by Crippen LogP contribution is 2.24. The lowest BCUT2D eigenvalue weighted by Crippen LogP contribution is -2.41. The third-order valence-corrected chi connectivity index (χ3v) is 6.87. The van der Waals surface area contributed by atoms with Gasteiger partial charge in [0, 0.05) is 18.7 Å². The van der Waals surface area contributed by atoms with E-state index in [1.54, 1.807) is 13.0 Å². The lowest BCUT2D eigenvalue weighted by molar-refractivity contribution is -0.139. The Morgan fingerprint density at radius 2 is 1.89 bits per heavy atom. The fraction of sp³-hybridized carbons (Fsp3) is 0.579. The minimum atomic E-state index is -3.67. The molecule has 1 amide bonds. The van der Waals surface area contributed by atoms with Gasteiger partial charge in [0.25, 0.3) is 5.91 Å². The Labute approximate surface area is 160 Å². The van der Waals surface area contributed by atoms with Gasteiger partial charge in [-0.1, -0.05) is 32.3 Å². The minimum absolute atomic E-state index is 0.109. The first-order valence-electron chi connectivity index (χ1n) is 9.42. The number of hydrogen-bond donors (Lipinski definition) is 2. The molecule has 0 saturated carbocycles. The van der Waals surface area contributed by atoms with Crippen LogP contribution in [0.25, 0.3) is 0 Å². The molecule has 0 spiro atoms. The summed E-state index contributed by atoms with van der Waals surface area (Å²) < 4.78 is 27.4. The standard InChI is InChI=1S/C19H28N2O5S/c1-3-4-8-16(19(23)24)20-18(22)15-10-9-14(2)17(13-15)27(25,26)21-11-6-5-7-12-21/h9-10,13,16H,3-8,11-12H2,1-2H3,(H,20,22)(H,23,24). The van der Waals surface area contributed by atoms with E-state index in [1.807, 2.05) is 6.92 Å². The van der Waals surface area contributed by atoms with Crippen LogP contribution < -0.4 is 5.32 Å². The van der Waals surface area contributed by atoms with E-state index in [0.717, 1.165) is 25.7 Å². The number of carbonyl (C=O) groups excluding carboxylic acids is 1. The second-order valence-corrected chi connectivity index (χ2v) is 8.86. The molecule has 1 unspecified atom stereocenters. The Kier molecular flexibility index (Phi) is 7.38. The first kappa shape index (κ1) is 21.4. The van der Waals surface area contributed by atoms with Gasteiger partial charge in [0.15, 0.2) is 0 Å². The van der Waals surface area contributed by atoms with Crippen molar-refractivity contribution in [3.63, 3.8) is 0 Å². The van der Waals surface area contributed by atoms with Gasteiger partial charge in [0.1, 0.15) is 6.04 Å². The fourth-order valence-corrected chi connectivity index (χ4v) is 4.94. The third-order valence-electron chi connectivity index (χ3n) is 4.83. The highest BCUT2D eigenvalue weighted by Gasteiger charge is 2.28. The van der Waals surface area contributed by atoms with E-state index in [2.05, 4.69) is 5.32 Å². The quantitative estimate of drug-likeness (QED) is 0.703. The number of carboxylic acids is 1. The molecule has 150 valence electrons. The van der Waals surface area contributed by atoms with Crippen LogP contribution in [-0.4, -0.2) is 48.8 Å². The van der Waals surface area contributed by atoms with Gasteiger partial charge in [-0.3, -0.25) is 4.79 Å². The summed E-state index contributed by atoms with van der Waals surface area (Å²) in [4.78, 5) is 24.0. The van der Waals surface area contributed by atoms with Crippen molar-refractivity contribution in [2.75, 3.05) is 13.1 Å². The Morgan fingerprint density at radius 1 is 1.22 bits per heavy atom. The molecule has 0 aromatic heterocycles. The van der Waals surface area contributed by atoms with Crippen molar-refractivity contribution in [1.82, 2.24) is 9.62 Å². The maximum Gasteiger partial charge on any atom is 0.326 e. The number of hydrogen-bond acceptors (Lipinski definition) is 4. The first-order chi connectivity index (χ1) is 12.8. The smallest absolute Gasteiger partial charge is 0.326 e. The lowest BCUT2D eigenvalue weighted by atomic mass is 10.1. The Balaban J connectivity index is 2.25. The van der Waals surface area contributed by atoms with Gasteiger partial charge < -0.3 is 10.4 Å². The van der Waals surface area contributed by atoms with Crippen LogP contribution in [0, 0.1) is 6.92 Å². The minimum Gasteiger partial charge on any atom is -0.480 e. The van der Waals surface area contributed by atoms with Crippen molar-refractivity contribution >= 4 is 21.9 Å². The van der Waals surface area contributed by atoms with Crippen LogP contribution >= 0.6 is 0 Å². The van der Waals surface area contributed by atoms with Crippen molar-refractivity contribution in [3.05, 3.63) is 29.3 Å². The number of rotatable bonds is 8. The topological polar surface area (TPSA) is 104 Å². The van der Waals surface area contributed by atoms with Crippen molar-refractivity contribution in [2.45, 2.75) is 63.3 Å². The summed E-state index contributed by atoms with van der Waals surface area (Å²) in [6, 6.07) is 3.49. The predicted molar refractivity (Wildman–Crippen MR) is 102 cm³/mol. The SMILES string of the molecule is CCCCC(NC(=O)c1ccc(C)c(S(=O)(=O)N2CCCCC2)c1)C(=O)O. The van der Waals surface area contributed by atoms with Gasteiger partial charge in [-0.25, -0.2) is 13.2 Å². The molecule has 27 heavy (non-hydrogen) atoms. The van der Waals surface area contributed by atoms with Crippen LogP contribution in [0.5, 0.6) is 0 Å². The number of amides is 1. The van der Waals surface area contributed by atoms with Crippen LogP contribution in [0.2, 0.25) is 0 Å². The lowest BCUT2D eigenvalue weighted by Gasteiger charge is -2.26. The number of aryl methyl sites for hydroxylation is 1. The summed E-state index contributed by atoms with van der Waals surface area (Å²) in [6.07, 6.45) is 4.51. The van der Waals surface area contributed by atoms with E-state index in [0.29, 0.717) is 31.5 Å². The van der Waals surface area contributed by atoms with Gasteiger partial charge in [-0.2, -0.15) is 4.31 Å². The Morgan fingerprint density at radius 3 is 2.48 bits per heavy atom. The third kappa shape index (κ3) is 5.29. The second kappa shape index (κ2) is 9.32. The molecule has 2 N–H and O–H groups in total. The van der Waals surface area contributed by atoms with E-state index < -0.39 is 27.9 Å². The van der Waals surface area contributed by atoms with Crippen molar-refractivity contribution in [2.24, 2.45) is 0 Å². The zero-order chi connectivity index (χ0) is 20.0. The second-order valence-electron chi connectivity index (χ2n) is 6.95. The van der Waals surface area contributed by atoms with Gasteiger partial charge >= 0.3 is 5.97 Å². The van der Waals surface area contributed by atoms with E-state index in [9.17, 15) is 23.1 Å². The van der Waals surface area contributed by atoms with Crippen LogP contribution in [0.4, 0.5) is 0 Å². The Bertz CT molecular complexity index is 785. The molecule has 8 heteroatoms. The molecule has 1 aliphatic rings. The number of nitrogens with zero attached hydrogens (tertiary/aromatic N) is 1. The highest BCUT2D eigenvalue weighted by atomic mass is 32.2. The molecule has 0 aliphatic carbocycles. The fourth-order valence-electron chi connectivity index (χ4n) is 3.17. The molecule has 7 nitrogen and oxygen atoms in total. The van der Waals surface area contributed by atoms with Gasteiger partial charge in [-0.05, 0) is 43.9 Å². The summed E-state index contributed by atoms with van der Waals surface area (Å²) in [6.45, 7) is 4.60. The normalized spacial score (nSPS) is 16.7. The molecule has 2 rings (SSSR count). The number of piperidine rings is 1. The predicted octanol–water partition coefficient (Wildman–Crippen LogP) is 2.54. The number of benzene rings is 1. The van der Waals surface area contributed by atoms with Crippen LogP contribution in [-0.2, 0) is 14.8 Å². The Hall–Kier alpha value is -1.93. The van der Waals surface area contributed by atoms with Crippen LogP contribution in [0.15, 0.2) is 23.1 Å². The molecule has 1 aromatic carbocycles. The average molecular weight is 397 g/mol. The van der Waals surface area contributed by atoms with E-state index in [-0.39, 0.29) is 10.5 Å². The number of carboxylic acid groups (broad SMARTS) is 1.